The molecule has 2 N–H and O–H groups in total. The average molecular weight is 425 g/mol. The first-order chi connectivity index (χ1) is 9.92. The Morgan fingerprint density at radius 1 is 1.09 bits per heavy atom. The Balaban J connectivity index is 0.00000441. The fourth-order valence-electron chi connectivity index (χ4n) is 2.38. The minimum Gasteiger partial charge on any atom is -0.356 e. The van der Waals surface area contributed by atoms with Crippen molar-refractivity contribution in [1.82, 2.24) is 20.4 Å². The quantitative estimate of drug-likeness (QED) is 0.386. The van der Waals surface area contributed by atoms with E-state index in [-0.39, 0.29) is 24.0 Å². The fourth-order valence-corrected chi connectivity index (χ4v) is 2.38. The van der Waals surface area contributed by atoms with E-state index in [2.05, 4.69) is 60.2 Å². The number of nitrogens with zero attached hydrogens (tertiary/aromatic N) is 3. The molecular weight excluding hydrogens is 389 g/mol. The first kappa shape index (κ1) is 21.9. The average Bonchev–Trinajstić information content (AvgIpc) is 2.45. The summed E-state index contributed by atoms with van der Waals surface area (Å²) in [6, 6.07) is 0.434. The first-order valence-electron chi connectivity index (χ1n) is 8.30. The number of halogens is 1. The molecule has 0 amide bonds. The van der Waals surface area contributed by atoms with Crippen molar-refractivity contribution >= 4 is 29.9 Å². The molecule has 1 heterocycles. The van der Waals surface area contributed by atoms with E-state index in [1.807, 2.05) is 7.05 Å². The Bertz CT molecular complexity index is 314. The van der Waals surface area contributed by atoms with E-state index in [1.54, 1.807) is 0 Å². The standard InChI is InChI=1S/C16H35N5.HI/c1-13(2)15(4)19-16(17-5)18-11-14(3)12-21-9-7-20(6)8-10-21;/h13-15H,7-12H2,1-6H3,(H2,17,18,19);1H. The van der Waals surface area contributed by atoms with Gasteiger partial charge in [-0.25, -0.2) is 0 Å². The summed E-state index contributed by atoms with van der Waals surface area (Å²) in [5.74, 6) is 2.15. The van der Waals surface area contributed by atoms with Crippen molar-refractivity contribution in [2.75, 3.05) is 53.4 Å². The highest BCUT2D eigenvalue weighted by Crippen LogP contribution is 2.04. The van der Waals surface area contributed by atoms with Crippen LogP contribution in [0.15, 0.2) is 4.99 Å². The molecule has 5 nitrogen and oxygen atoms in total. The van der Waals surface area contributed by atoms with Crippen LogP contribution in [0.25, 0.3) is 0 Å². The molecule has 0 aliphatic carbocycles. The van der Waals surface area contributed by atoms with Gasteiger partial charge in [-0.3, -0.25) is 4.99 Å². The Morgan fingerprint density at radius 2 is 1.68 bits per heavy atom. The summed E-state index contributed by atoms with van der Waals surface area (Å²) in [7, 11) is 4.04. The van der Waals surface area contributed by atoms with Crippen LogP contribution in [0.5, 0.6) is 0 Å². The minimum absolute atomic E-state index is 0. The van der Waals surface area contributed by atoms with Gasteiger partial charge in [0.05, 0.1) is 0 Å². The largest absolute Gasteiger partial charge is 0.356 e. The summed E-state index contributed by atoms with van der Waals surface area (Å²) < 4.78 is 0. The fraction of sp³-hybridized carbons (Fsp3) is 0.938. The van der Waals surface area contributed by atoms with Gasteiger partial charge in [0.1, 0.15) is 0 Å². The van der Waals surface area contributed by atoms with E-state index < -0.39 is 0 Å². The zero-order chi connectivity index (χ0) is 15.8. The maximum absolute atomic E-state index is 4.31. The van der Waals surface area contributed by atoms with Gasteiger partial charge in [0, 0.05) is 52.4 Å². The van der Waals surface area contributed by atoms with Crippen LogP contribution in [-0.2, 0) is 0 Å². The van der Waals surface area contributed by atoms with E-state index in [1.165, 1.54) is 26.2 Å². The lowest BCUT2D eigenvalue weighted by Gasteiger charge is -2.34. The van der Waals surface area contributed by atoms with E-state index in [0.717, 1.165) is 19.0 Å². The van der Waals surface area contributed by atoms with Crippen LogP contribution in [-0.4, -0.2) is 75.2 Å². The molecule has 1 aliphatic heterocycles. The number of aliphatic imine (C=N–C) groups is 1. The SMILES string of the molecule is CN=C(NCC(C)CN1CCN(C)CC1)NC(C)C(C)C.I. The van der Waals surface area contributed by atoms with E-state index in [0.29, 0.717) is 17.9 Å². The van der Waals surface area contributed by atoms with Crippen molar-refractivity contribution < 1.29 is 0 Å². The van der Waals surface area contributed by atoms with Gasteiger partial charge in [-0.2, -0.15) is 0 Å². The van der Waals surface area contributed by atoms with Gasteiger partial charge in [-0.1, -0.05) is 20.8 Å². The van der Waals surface area contributed by atoms with Gasteiger partial charge < -0.3 is 20.4 Å². The summed E-state index contributed by atoms with van der Waals surface area (Å²) in [5, 5.41) is 6.90. The second kappa shape index (κ2) is 11.5. The number of hydrogen-bond donors (Lipinski definition) is 2. The number of guanidine groups is 1. The molecule has 0 aromatic heterocycles. The van der Waals surface area contributed by atoms with Gasteiger partial charge in [0.15, 0.2) is 5.96 Å². The molecule has 132 valence electrons. The van der Waals surface area contributed by atoms with Gasteiger partial charge in [-0.05, 0) is 25.8 Å². The maximum Gasteiger partial charge on any atom is 0.191 e. The third-order valence-electron chi connectivity index (χ3n) is 4.37. The second-order valence-electron chi connectivity index (χ2n) is 6.84. The molecule has 0 aromatic carbocycles. The van der Waals surface area contributed by atoms with Crippen molar-refractivity contribution in [2.24, 2.45) is 16.8 Å². The number of nitrogens with one attached hydrogen (secondary N) is 2. The van der Waals surface area contributed by atoms with Gasteiger partial charge >= 0.3 is 0 Å². The normalized spacial score (nSPS) is 20.4. The van der Waals surface area contributed by atoms with E-state index in [4.69, 9.17) is 0 Å². The predicted octanol–water partition coefficient (Wildman–Crippen LogP) is 1.70. The minimum atomic E-state index is 0. The predicted molar refractivity (Wildman–Crippen MR) is 107 cm³/mol. The van der Waals surface area contributed by atoms with E-state index in [9.17, 15) is 0 Å². The summed E-state index contributed by atoms with van der Waals surface area (Å²) in [4.78, 5) is 9.28. The second-order valence-corrected chi connectivity index (χ2v) is 6.84. The highest BCUT2D eigenvalue weighted by molar-refractivity contribution is 14.0. The van der Waals surface area contributed by atoms with E-state index >= 15 is 0 Å². The van der Waals surface area contributed by atoms with Gasteiger partial charge in [-0.15, -0.1) is 24.0 Å². The third-order valence-corrected chi connectivity index (χ3v) is 4.37. The van der Waals surface area contributed by atoms with Crippen molar-refractivity contribution in [3.05, 3.63) is 0 Å². The topological polar surface area (TPSA) is 42.9 Å². The summed E-state index contributed by atoms with van der Waals surface area (Å²) in [5.41, 5.74) is 0. The lowest BCUT2D eigenvalue weighted by atomic mass is 10.1. The van der Waals surface area contributed by atoms with Crippen LogP contribution in [0.4, 0.5) is 0 Å². The van der Waals surface area contributed by atoms with Crippen LogP contribution in [0, 0.1) is 11.8 Å². The molecule has 0 spiro atoms. The molecule has 1 aliphatic rings. The van der Waals surface area contributed by atoms with Crippen LogP contribution < -0.4 is 10.6 Å². The van der Waals surface area contributed by atoms with Gasteiger partial charge in [0.25, 0.3) is 0 Å². The van der Waals surface area contributed by atoms with Crippen molar-refractivity contribution in [1.29, 1.82) is 0 Å². The molecule has 22 heavy (non-hydrogen) atoms. The Hall–Kier alpha value is -0.0800. The molecule has 0 bridgehead atoms. The van der Waals surface area contributed by atoms with Gasteiger partial charge in [0.2, 0.25) is 0 Å². The summed E-state index contributed by atoms with van der Waals surface area (Å²) in [6.45, 7) is 15.9. The molecule has 0 aromatic rings. The van der Waals surface area contributed by atoms with Crippen LogP contribution in [0.2, 0.25) is 0 Å². The van der Waals surface area contributed by atoms with Crippen LogP contribution >= 0.6 is 24.0 Å². The zero-order valence-corrected chi connectivity index (χ0v) is 17.6. The highest BCUT2D eigenvalue weighted by Gasteiger charge is 2.16. The first-order valence-corrected chi connectivity index (χ1v) is 8.30. The summed E-state index contributed by atoms with van der Waals surface area (Å²) in [6.07, 6.45) is 0. The monoisotopic (exact) mass is 425 g/mol. The Morgan fingerprint density at radius 3 is 2.18 bits per heavy atom. The number of rotatable bonds is 6. The molecule has 1 saturated heterocycles. The van der Waals surface area contributed by atoms with Crippen LogP contribution in [0.3, 0.4) is 0 Å². The molecule has 1 fully saturated rings. The molecule has 2 unspecified atom stereocenters. The number of hydrogen-bond acceptors (Lipinski definition) is 3. The molecular formula is C16H36IN5. The van der Waals surface area contributed by atoms with Crippen molar-refractivity contribution in [3.8, 4) is 0 Å². The highest BCUT2D eigenvalue weighted by atomic mass is 127. The summed E-state index contributed by atoms with van der Waals surface area (Å²) >= 11 is 0. The lowest BCUT2D eigenvalue weighted by molar-refractivity contribution is 0.139. The third kappa shape index (κ3) is 8.53. The smallest absolute Gasteiger partial charge is 0.191 e. The molecule has 1 rings (SSSR count). The lowest BCUT2D eigenvalue weighted by Crippen LogP contribution is -2.48. The van der Waals surface area contributed by atoms with Crippen molar-refractivity contribution in [2.45, 2.75) is 33.7 Å². The molecule has 0 radical (unpaired) electrons. The zero-order valence-electron chi connectivity index (χ0n) is 15.2. The van der Waals surface area contributed by atoms with Crippen LogP contribution in [0.1, 0.15) is 27.7 Å². The molecule has 2 atom stereocenters. The maximum atomic E-state index is 4.31. The Kier molecular flexibility index (Phi) is 11.4. The molecule has 0 saturated carbocycles. The Labute approximate surface area is 154 Å². The molecule has 6 heteroatoms. The number of piperazine rings is 1. The number of likely N-dealkylation sites (N-methyl/N-ethyl adjacent to an activating group) is 1. The van der Waals surface area contributed by atoms with Crippen molar-refractivity contribution in [3.63, 3.8) is 0 Å².